The van der Waals surface area contributed by atoms with E-state index in [1.165, 1.54) is 23.9 Å². The van der Waals surface area contributed by atoms with E-state index in [1.54, 1.807) is 28.0 Å². The highest BCUT2D eigenvalue weighted by Crippen LogP contribution is 2.54. The molecule has 0 radical (unpaired) electrons. The number of halogens is 1. The third kappa shape index (κ3) is 3.21. The highest BCUT2D eigenvalue weighted by Gasteiger charge is 2.59. The van der Waals surface area contributed by atoms with Crippen molar-refractivity contribution in [3.05, 3.63) is 100 Å². The second-order valence-electron chi connectivity index (χ2n) is 8.36. The number of amides is 2. The van der Waals surface area contributed by atoms with E-state index >= 15 is 0 Å². The summed E-state index contributed by atoms with van der Waals surface area (Å²) in [5, 5.41) is 0. The molecule has 1 spiro atoms. The molecule has 32 heavy (non-hydrogen) atoms. The molecule has 0 bridgehead atoms. The van der Waals surface area contributed by atoms with Crippen molar-refractivity contribution in [1.29, 1.82) is 0 Å². The van der Waals surface area contributed by atoms with Crippen molar-refractivity contribution in [2.45, 2.75) is 25.3 Å². The van der Waals surface area contributed by atoms with E-state index in [-0.39, 0.29) is 11.8 Å². The van der Waals surface area contributed by atoms with E-state index in [9.17, 15) is 14.0 Å². The van der Waals surface area contributed by atoms with Crippen LogP contribution in [0.3, 0.4) is 0 Å². The number of carbonyl (C=O) groups excluding carboxylic acids is 2. The number of hydrogen-bond acceptors (Lipinski definition) is 3. The minimum atomic E-state index is -1.25. The van der Waals surface area contributed by atoms with Crippen LogP contribution in [-0.2, 0) is 16.2 Å². The van der Waals surface area contributed by atoms with Crippen LogP contribution in [0.25, 0.3) is 0 Å². The van der Waals surface area contributed by atoms with Crippen molar-refractivity contribution < 1.29 is 14.0 Å². The molecule has 0 N–H and O–H groups in total. The van der Waals surface area contributed by atoms with Gasteiger partial charge in [-0.05, 0) is 49.7 Å². The fourth-order valence-electron chi connectivity index (χ4n) is 4.59. The molecule has 4 nitrogen and oxygen atoms in total. The summed E-state index contributed by atoms with van der Waals surface area (Å²) in [5.41, 5.74) is 4.90. The molecule has 0 aromatic heterocycles. The zero-order valence-electron chi connectivity index (χ0n) is 18.0. The van der Waals surface area contributed by atoms with Gasteiger partial charge in [-0.2, -0.15) is 0 Å². The first-order valence-corrected chi connectivity index (χ1v) is 11.6. The van der Waals surface area contributed by atoms with E-state index < -0.39 is 10.7 Å². The molecule has 162 valence electrons. The monoisotopic (exact) mass is 446 g/mol. The number of hydrogen-bond donors (Lipinski definition) is 0. The summed E-state index contributed by atoms with van der Waals surface area (Å²) in [7, 11) is 0. The van der Waals surface area contributed by atoms with Crippen molar-refractivity contribution in [2.24, 2.45) is 0 Å². The van der Waals surface area contributed by atoms with Gasteiger partial charge in [-0.25, -0.2) is 4.39 Å². The summed E-state index contributed by atoms with van der Waals surface area (Å²) < 4.78 is 14.4. The second kappa shape index (κ2) is 7.78. The third-order valence-corrected chi connectivity index (χ3v) is 7.54. The van der Waals surface area contributed by atoms with Gasteiger partial charge in [0.05, 0.1) is 12.2 Å². The van der Waals surface area contributed by atoms with Gasteiger partial charge in [0.1, 0.15) is 5.82 Å². The highest BCUT2D eigenvalue weighted by molar-refractivity contribution is 8.01. The number of carbonyl (C=O) groups is 2. The summed E-state index contributed by atoms with van der Waals surface area (Å²) in [6.45, 7) is 4.77. The minimum Gasteiger partial charge on any atom is -0.311 e. The van der Waals surface area contributed by atoms with Gasteiger partial charge in [0.15, 0.2) is 4.87 Å². The molecule has 3 aromatic carbocycles. The standard InChI is InChI=1S/C26H23FN2O2S/c1-17-6-8-20(9-7-17)24(30)29-12-13-32-26(29)22-15-21(27)10-11-23(22)28(25(26)31)16-19-5-3-4-18(2)14-19/h3-11,14-15H,12-13,16H2,1-2H3. The van der Waals surface area contributed by atoms with Crippen molar-refractivity contribution in [2.75, 3.05) is 17.2 Å². The van der Waals surface area contributed by atoms with E-state index in [1.807, 2.05) is 50.2 Å². The van der Waals surface area contributed by atoms with Crippen LogP contribution in [-0.4, -0.2) is 29.0 Å². The molecule has 2 aliphatic rings. The minimum absolute atomic E-state index is 0.192. The number of benzene rings is 3. The van der Waals surface area contributed by atoms with Crippen molar-refractivity contribution in [3.63, 3.8) is 0 Å². The highest BCUT2D eigenvalue weighted by atomic mass is 32.2. The molecule has 2 heterocycles. The molecule has 3 aromatic rings. The summed E-state index contributed by atoms with van der Waals surface area (Å²) in [5.74, 6) is -0.209. The first-order valence-electron chi connectivity index (χ1n) is 10.6. The summed E-state index contributed by atoms with van der Waals surface area (Å²) in [6.07, 6.45) is 0. The van der Waals surface area contributed by atoms with Gasteiger partial charge >= 0.3 is 0 Å². The molecule has 1 unspecified atom stereocenters. The Morgan fingerprint density at radius 2 is 1.81 bits per heavy atom. The lowest BCUT2D eigenvalue weighted by atomic mass is 10.0. The molecule has 1 saturated heterocycles. The van der Waals surface area contributed by atoms with E-state index in [2.05, 4.69) is 0 Å². The van der Waals surface area contributed by atoms with Crippen LogP contribution in [0, 0.1) is 19.7 Å². The Kier molecular flexibility index (Phi) is 5.05. The zero-order chi connectivity index (χ0) is 22.5. The number of nitrogens with zero attached hydrogens (tertiary/aromatic N) is 2. The Morgan fingerprint density at radius 3 is 2.56 bits per heavy atom. The number of fused-ring (bicyclic) bond motifs is 2. The van der Waals surface area contributed by atoms with Crippen LogP contribution in [0.1, 0.15) is 32.6 Å². The maximum Gasteiger partial charge on any atom is 0.268 e. The zero-order valence-corrected chi connectivity index (χ0v) is 18.8. The SMILES string of the molecule is Cc1ccc(C(=O)N2CCSC23C(=O)N(Cc2cccc(C)c2)c2ccc(F)cc23)cc1. The first kappa shape index (κ1) is 20.8. The van der Waals surface area contributed by atoms with Crippen LogP contribution < -0.4 is 4.90 Å². The average molecular weight is 447 g/mol. The van der Waals surface area contributed by atoms with E-state index in [0.29, 0.717) is 35.7 Å². The Morgan fingerprint density at radius 1 is 1.03 bits per heavy atom. The van der Waals surface area contributed by atoms with Gasteiger partial charge in [-0.15, -0.1) is 11.8 Å². The summed E-state index contributed by atoms with van der Waals surface area (Å²) in [4.78, 5) is 29.6. The summed E-state index contributed by atoms with van der Waals surface area (Å²) in [6, 6.07) is 19.8. The quantitative estimate of drug-likeness (QED) is 0.567. The van der Waals surface area contributed by atoms with Crippen LogP contribution in [0.15, 0.2) is 66.7 Å². The van der Waals surface area contributed by atoms with Gasteiger partial charge in [-0.3, -0.25) is 9.59 Å². The Hall–Kier alpha value is -3.12. The van der Waals surface area contributed by atoms with Crippen LogP contribution >= 0.6 is 11.8 Å². The lowest BCUT2D eigenvalue weighted by Crippen LogP contribution is -2.50. The van der Waals surface area contributed by atoms with Gasteiger partial charge in [0.2, 0.25) is 0 Å². The number of aryl methyl sites for hydroxylation is 2. The molecular formula is C26H23FN2O2S. The topological polar surface area (TPSA) is 40.6 Å². The van der Waals surface area contributed by atoms with Crippen molar-refractivity contribution in [1.82, 2.24) is 4.90 Å². The fraction of sp³-hybridized carbons (Fsp3) is 0.231. The lowest BCUT2D eigenvalue weighted by molar-refractivity contribution is -0.123. The predicted octanol–water partition coefficient (Wildman–Crippen LogP) is 5.03. The maximum atomic E-state index is 14.4. The molecule has 5 rings (SSSR count). The Labute approximate surface area is 191 Å². The summed E-state index contributed by atoms with van der Waals surface area (Å²) >= 11 is 1.41. The molecule has 6 heteroatoms. The van der Waals surface area contributed by atoms with E-state index in [0.717, 1.165) is 16.7 Å². The molecule has 0 saturated carbocycles. The number of anilines is 1. The van der Waals surface area contributed by atoms with Gasteiger partial charge in [0, 0.05) is 23.4 Å². The van der Waals surface area contributed by atoms with Crippen LogP contribution in [0.5, 0.6) is 0 Å². The average Bonchev–Trinajstić information content (AvgIpc) is 3.31. The Balaban J connectivity index is 1.59. The third-order valence-electron chi connectivity index (χ3n) is 6.12. The Bertz CT molecular complexity index is 1230. The lowest BCUT2D eigenvalue weighted by Gasteiger charge is -2.33. The normalized spacial score (nSPS) is 19.7. The molecule has 2 aliphatic heterocycles. The smallest absolute Gasteiger partial charge is 0.268 e. The van der Waals surface area contributed by atoms with Gasteiger partial charge in [-0.1, -0.05) is 47.5 Å². The molecular weight excluding hydrogens is 423 g/mol. The number of rotatable bonds is 3. The fourth-order valence-corrected chi connectivity index (χ4v) is 6.04. The van der Waals surface area contributed by atoms with Gasteiger partial charge < -0.3 is 9.80 Å². The first-order chi connectivity index (χ1) is 15.4. The van der Waals surface area contributed by atoms with Crippen LogP contribution in [0.2, 0.25) is 0 Å². The van der Waals surface area contributed by atoms with E-state index in [4.69, 9.17) is 0 Å². The van der Waals surface area contributed by atoms with Crippen molar-refractivity contribution in [3.8, 4) is 0 Å². The largest absolute Gasteiger partial charge is 0.311 e. The molecule has 1 atom stereocenters. The number of thioether (sulfide) groups is 1. The molecule has 0 aliphatic carbocycles. The van der Waals surface area contributed by atoms with Crippen LogP contribution in [0.4, 0.5) is 10.1 Å². The predicted molar refractivity (Wildman–Crippen MR) is 125 cm³/mol. The molecule has 2 amide bonds. The molecule has 1 fully saturated rings. The van der Waals surface area contributed by atoms with Crippen molar-refractivity contribution >= 4 is 29.3 Å². The second-order valence-corrected chi connectivity index (χ2v) is 9.64. The van der Waals surface area contributed by atoms with Gasteiger partial charge in [0.25, 0.3) is 11.8 Å². The maximum absolute atomic E-state index is 14.4.